The lowest BCUT2D eigenvalue weighted by molar-refractivity contribution is -0.133. The van der Waals surface area contributed by atoms with Crippen molar-refractivity contribution in [3.05, 3.63) is 59.8 Å². The minimum absolute atomic E-state index is 0.0137. The van der Waals surface area contributed by atoms with Gasteiger partial charge in [-0.3, -0.25) is 9.59 Å². The molecule has 0 radical (unpaired) electrons. The van der Waals surface area contributed by atoms with Crippen molar-refractivity contribution in [1.82, 2.24) is 0 Å². The first kappa shape index (κ1) is 21.1. The van der Waals surface area contributed by atoms with Crippen LogP contribution in [0.2, 0.25) is 0 Å². The maximum absolute atomic E-state index is 13.2. The second kappa shape index (κ2) is 8.00. The Kier molecular flexibility index (Phi) is 5.81. The zero-order valence-corrected chi connectivity index (χ0v) is 17.5. The smallest absolute Gasteiger partial charge is 0.313 e. The van der Waals surface area contributed by atoms with E-state index in [2.05, 4.69) is 12.6 Å². The minimum atomic E-state index is -1.15. The van der Waals surface area contributed by atoms with Crippen LogP contribution in [0.4, 0.5) is 0 Å². The Balaban J connectivity index is 2.28. The number of allylic oxidation sites excluding steroid dienone is 3. The van der Waals surface area contributed by atoms with Crippen LogP contribution in [-0.2, 0) is 9.59 Å². The van der Waals surface area contributed by atoms with Crippen molar-refractivity contribution in [2.75, 3.05) is 5.75 Å². The van der Waals surface area contributed by atoms with Gasteiger partial charge in [0.15, 0.2) is 5.78 Å². The van der Waals surface area contributed by atoms with Crippen LogP contribution in [0, 0.1) is 22.2 Å². The van der Waals surface area contributed by atoms with Gasteiger partial charge in [-0.25, -0.2) is 4.99 Å². The average molecular weight is 409 g/mol. The van der Waals surface area contributed by atoms with Crippen molar-refractivity contribution in [2.45, 2.75) is 39.0 Å². The first-order valence-electron chi connectivity index (χ1n) is 9.51. The molecule has 3 rings (SSSR count). The maximum Gasteiger partial charge on any atom is 0.313 e. The van der Waals surface area contributed by atoms with Gasteiger partial charge in [0.05, 0.1) is 16.9 Å². The van der Waals surface area contributed by atoms with Gasteiger partial charge >= 0.3 is 5.97 Å². The van der Waals surface area contributed by atoms with Crippen LogP contribution in [0.15, 0.2) is 59.2 Å². The second-order valence-corrected chi connectivity index (χ2v) is 9.28. The first-order chi connectivity index (χ1) is 13.7. The Morgan fingerprint density at radius 3 is 2.66 bits per heavy atom. The highest BCUT2D eigenvalue weighted by atomic mass is 32.2. The fourth-order valence-corrected chi connectivity index (χ4v) is 5.24. The number of ketones is 1. The SMILES string of the molecule is C=CC[C@]1(C#N)C(SCC(=O)O)=NC2=C(C(=O)CC(C)(C)C2)[C@H]1c1ccccc1. The Hall–Kier alpha value is -2.65. The van der Waals surface area contributed by atoms with Gasteiger partial charge in [-0.15, -0.1) is 6.58 Å². The lowest BCUT2D eigenvalue weighted by Gasteiger charge is -2.43. The van der Waals surface area contributed by atoms with E-state index < -0.39 is 17.3 Å². The molecular weight excluding hydrogens is 384 g/mol. The maximum atomic E-state index is 13.2. The van der Waals surface area contributed by atoms with Gasteiger partial charge in [0.1, 0.15) is 5.41 Å². The molecule has 0 unspecified atom stereocenters. The predicted octanol–water partition coefficient (Wildman–Crippen LogP) is 4.73. The number of benzene rings is 1. The highest BCUT2D eigenvalue weighted by Crippen LogP contribution is 2.55. The summed E-state index contributed by atoms with van der Waals surface area (Å²) in [6.07, 6.45) is 2.95. The number of aliphatic imine (C=N–C) groups is 1. The third kappa shape index (κ3) is 3.92. The van der Waals surface area contributed by atoms with E-state index in [1.807, 2.05) is 44.2 Å². The Labute approximate surface area is 175 Å². The molecule has 5 nitrogen and oxygen atoms in total. The third-order valence-corrected chi connectivity index (χ3v) is 6.55. The van der Waals surface area contributed by atoms with Crippen LogP contribution < -0.4 is 0 Å². The number of hydrogen-bond acceptors (Lipinski definition) is 5. The van der Waals surface area contributed by atoms with E-state index in [4.69, 9.17) is 4.99 Å². The summed E-state index contributed by atoms with van der Waals surface area (Å²) in [5.41, 5.74) is 0.759. The second-order valence-electron chi connectivity index (χ2n) is 8.32. The molecule has 1 aliphatic carbocycles. The highest BCUT2D eigenvalue weighted by molar-refractivity contribution is 8.14. The fourth-order valence-electron chi connectivity index (χ4n) is 4.30. The number of carboxylic acids is 1. The number of rotatable bonds is 5. The van der Waals surface area contributed by atoms with Gasteiger partial charge in [0.2, 0.25) is 0 Å². The lowest BCUT2D eigenvalue weighted by Crippen LogP contribution is -2.43. The molecule has 1 heterocycles. The van der Waals surface area contributed by atoms with Crippen LogP contribution in [0.5, 0.6) is 0 Å². The molecule has 150 valence electrons. The molecule has 1 aromatic carbocycles. The van der Waals surface area contributed by atoms with Crippen molar-refractivity contribution in [1.29, 1.82) is 5.26 Å². The zero-order valence-electron chi connectivity index (χ0n) is 16.6. The molecule has 0 bridgehead atoms. The fraction of sp³-hybridized carbons (Fsp3) is 0.391. The predicted molar refractivity (Wildman–Crippen MR) is 115 cm³/mol. The Bertz CT molecular complexity index is 956. The first-order valence-corrected chi connectivity index (χ1v) is 10.5. The van der Waals surface area contributed by atoms with E-state index in [9.17, 15) is 20.0 Å². The minimum Gasteiger partial charge on any atom is -0.481 e. The number of aliphatic carboxylic acids is 1. The summed E-state index contributed by atoms with van der Waals surface area (Å²) in [5.74, 6) is -1.65. The molecule has 0 saturated carbocycles. The molecule has 0 amide bonds. The number of carbonyl (C=O) groups excluding carboxylic acids is 1. The number of thioether (sulfide) groups is 1. The summed E-state index contributed by atoms with van der Waals surface area (Å²) < 4.78 is 0. The van der Waals surface area contributed by atoms with Gasteiger partial charge in [-0.1, -0.05) is 62.0 Å². The van der Waals surface area contributed by atoms with Crippen molar-refractivity contribution >= 4 is 28.6 Å². The van der Waals surface area contributed by atoms with E-state index in [1.165, 1.54) is 0 Å². The van der Waals surface area contributed by atoms with Crippen molar-refractivity contribution < 1.29 is 14.7 Å². The number of Topliss-reactive ketones (excluding diaryl/α,β-unsaturated/α-hetero) is 1. The molecule has 1 aromatic rings. The highest BCUT2D eigenvalue weighted by Gasteiger charge is 2.52. The summed E-state index contributed by atoms with van der Waals surface area (Å²) in [7, 11) is 0. The molecule has 0 saturated heterocycles. The average Bonchev–Trinajstić information content (AvgIpc) is 2.66. The van der Waals surface area contributed by atoms with Gasteiger partial charge in [0, 0.05) is 23.6 Å². The van der Waals surface area contributed by atoms with Gasteiger partial charge in [0.25, 0.3) is 0 Å². The summed E-state index contributed by atoms with van der Waals surface area (Å²) in [6, 6.07) is 11.9. The largest absolute Gasteiger partial charge is 0.481 e. The van der Waals surface area contributed by atoms with Crippen molar-refractivity contribution in [2.24, 2.45) is 15.8 Å². The summed E-state index contributed by atoms with van der Waals surface area (Å²) in [4.78, 5) is 29.2. The number of nitrogens with zero attached hydrogens (tertiary/aromatic N) is 2. The molecule has 0 spiro atoms. The summed E-state index contributed by atoms with van der Waals surface area (Å²) >= 11 is 1.07. The molecule has 0 aromatic heterocycles. The molecule has 29 heavy (non-hydrogen) atoms. The molecular formula is C23H24N2O3S. The number of carboxylic acid groups (broad SMARTS) is 1. The molecule has 6 heteroatoms. The van der Waals surface area contributed by atoms with Gasteiger partial charge < -0.3 is 5.11 Å². The van der Waals surface area contributed by atoms with E-state index >= 15 is 0 Å². The van der Waals surface area contributed by atoms with Crippen LogP contribution >= 0.6 is 11.8 Å². The Morgan fingerprint density at radius 1 is 1.38 bits per heavy atom. The summed E-state index contributed by atoms with van der Waals surface area (Å²) in [6.45, 7) is 7.88. The topological polar surface area (TPSA) is 90.5 Å². The number of carbonyl (C=O) groups is 2. The molecule has 2 aliphatic rings. The number of nitriles is 1. The molecule has 0 fully saturated rings. The van der Waals surface area contributed by atoms with E-state index in [-0.39, 0.29) is 23.4 Å². The van der Waals surface area contributed by atoms with E-state index in [0.29, 0.717) is 29.2 Å². The van der Waals surface area contributed by atoms with Gasteiger partial charge in [-0.2, -0.15) is 5.26 Å². The van der Waals surface area contributed by atoms with Crippen molar-refractivity contribution in [3.63, 3.8) is 0 Å². The van der Waals surface area contributed by atoms with Crippen LogP contribution in [0.25, 0.3) is 0 Å². The zero-order chi connectivity index (χ0) is 21.2. The lowest BCUT2D eigenvalue weighted by atomic mass is 9.61. The Morgan fingerprint density at radius 2 is 2.07 bits per heavy atom. The quantitative estimate of drug-likeness (QED) is 0.711. The van der Waals surface area contributed by atoms with E-state index in [1.54, 1.807) is 6.08 Å². The van der Waals surface area contributed by atoms with Crippen LogP contribution in [-0.4, -0.2) is 27.7 Å². The van der Waals surface area contributed by atoms with E-state index in [0.717, 1.165) is 17.3 Å². The standard InChI is InChI=1S/C23H24N2O3S/c1-4-10-23(14-24)20(15-8-6-5-7-9-15)19-16(11-22(2,3)12-17(19)26)25-21(23)29-13-18(27)28/h4-9,20H,1,10-13H2,2-3H3,(H,27,28)/t20-,23-/m1/s1. The van der Waals surface area contributed by atoms with Gasteiger partial charge in [-0.05, 0) is 23.8 Å². The third-order valence-electron chi connectivity index (χ3n) is 5.43. The molecule has 2 atom stereocenters. The normalized spacial score (nSPS) is 25.6. The van der Waals surface area contributed by atoms with Crippen molar-refractivity contribution in [3.8, 4) is 6.07 Å². The monoisotopic (exact) mass is 408 g/mol. The molecule has 1 aliphatic heterocycles. The summed E-state index contributed by atoms with van der Waals surface area (Å²) in [5, 5.41) is 20.0. The number of hydrogen-bond donors (Lipinski definition) is 1. The molecule has 1 N–H and O–H groups in total. The van der Waals surface area contributed by atoms with Crippen LogP contribution in [0.1, 0.15) is 44.6 Å². The van der Waals surface area contributed by atoms with Crippen LogP contribution in [0.3, 0.4) is 0 Å².